The molecule has 0 spiro atoms. The fourth-order valence-corrected chi connectivity index (χ4v) is 5.17. The van der Waals surface area contributed by atoms with Crippen molar-refractivity contribution in [2.45, 2.75) is 186 Å². The first kappa shape index (κ1) is 40.6. The Kier molecular flexibility index (Phi) is 24.2. The molecule has 5 atom stereocenters. The number of Topliss-reactive ketones (excluding diaryl/α,β-unsaturated/α-hetero) is 2. The van der Waals surface area contributed by atoms with Crippen molar-refractivity contribution >= 4 is 17.5 Å². The third-order valence-corrected chi connectivity index (χ3v) is 8.02. The fraction of sp³-hybridized carbons (Fsp3) is 0.909. The Bertz CT molecular complexity index is 714. The molecule has 0 aromatic rings. The van der Waals surface area contributed by atoms with Gasteiger partial charge in [-0.1, -0.05) is 117 Å². The minimum absolute atomic E-state index is 0.0614. The summed E-state index contributed by atoms with van der Waals surface area (Å²) >= 11 is 0. The number of carbonyl (C=O) groups is 3. The van der Waals surface area contributed by atoms with E-state index in [0.717, 1.165) is 89.9 Å². The van der Waals surface area contributed by atoms with Crippen LogP contribution in [-0.2, 0) is 19.1 Å². The lowest BCUT2D eigenvalue weighted by Crippen LogP contribution is -2.66. The monoisotopic (exact) mass is 602 g/mol. The third kappa shape index (κ3) is 15.9. The summed E-state index contributed by atoms with van der Waals surface area (Å²) < 4.78 is 5.41. The van der Waals surface area contributed by atoms with Gasteiger partial charge < -0.3 is 30.3 Å². The molecule has 0 amide bonds. The fourth-order valence-electron chi connectivity index (χ4n) is 5.17. The summed E-state index contributed by atoms with van der Waals surface area (Å²) in [4.78, 5) is 39.4. The van der Waals surface area contributed by atoms with Gasteiger partial charge in [-0.3, -0.25) is 14.4 Å². The lowest BCUT2D eigenvalue weighted by atomic mass is 9.77. The van der Waals surface area contributed by atoms with Crippen molar-refractivity contribution in [1.29, 1.82) is 0 Å². The molecule has 42 heavy (non-hydrogen) atoms. The minimum Gasteiger partial charge on any atom is -0.456 e. The average molecular weight is 603 g/mol. The molecule has 0 radical (unpaired) electrons. The van der Waals surface area contributed by atoms with E-state index in [2.05, 4.69) is 20.8 Å². The SMILES string of the molecule is CCCCCCCCC(=O)O[C@@H]([C@H](O)[C@H](O)CO)[C@](O)(C(=O)CCCCCCCC)C(O)C(=O)CCCCCCCC. The Balaban J connectivity index is 5.85. The normalized spacial score (nSPS) is 15.9. The zero-order valence-electron chi connectivity index (χ0n) is 26.7. The molecule has 9 heteroatoms. The van der Waals surface area contributed by atoms with E-state index in [1.807, 2.05) is 0 Å². The highest BCUT2D eigenvalue weighted by Crippen LogP contribution is 2.30. The van der Waals surface area contributed by atoms with Gasteiger partial charge in [0.1, 0.15) is 12.2 Å². The highest BCUT2D eigenvalue weighted by Gasteiger charge is 2.57. The van der Waals surface area contributed by atoms with E-state index < -0.39 is 54.2 Å². The molecule has 0 rings (SSSR count). The Hall–Kier alpha value is -1.39. The van der Waals surface area contributed by atoms with Gasteiger partial charge in [0, 0.05) is 19.3 Å². The number of rotatable bonds is 29. The Labute approximate surface area is 254 Å². The smallest absolute Gasteiger partial charge is 0.306 e. The zero-order valence-corrected chi connectivity index (χ0v) is 26.7. The topological polar surface area (TPSA) is 162 Å². The maximum absolute atomic E-state index is 13.5. The van der Waals surface area contributed by atoms with E-state index in [-0.39, 0.29) is 19.3 Å². The largest absolute Gasteiger partial charge is 0.456 e. The van der Waals surface area contributed by atoms with E-state index in [1.54, 1.807) is 0 Å². The average Bonchev–Trinajstić information content (AvgIpc) is 2.99. The van der Waals surface area contributed by atoms with Gasteiger partial charge in [0.2, 0.25) is 0 Å². The van der Waals surface area contributed by atoms with Crippen molar-refractivity contribution in [1.82, 2.24) is 0 Å². The van der Waals surface area contributed by atoms with Crippen molar-refractivity contribution in [3.63, 3.8) is 0 Å². The Morgan fingerprint density at radius 1 is 0.619 bits per heavy atom. The van der Waals surface area contributed by atoms with Crippen LogP contribution in [0.15, 0.2) is 0 Å². The summed E-state index contributed by atoms with van der Waals surface area (Å²) in [6, 6.07) is 0. The molecule has 0 saturated carbocycles. The first-order valence-corrected chi connectivity index (χ1v) is 16.7. The summed E-state index contributed by atoms with van der Waals surface area (Å²) in [6.45, 7) is 5.34. The number of hydrogen-bond donors (Lipinski definition) is 5. The summed E-state index contributed by atoms with van der Waals surface area (Å²) in [6.07, 6.45) is 6.97. The first-order chi connectivity index (χ1) is 20.1. The van der Waals surface area contributed by atoms with Gasteiger partial charge in [0.25, 0.3) is 0 Å². The summed E-state index contributed by atoms with van der Waals surface area (Å²) in [7, 11) is 0. The number of esters is 1. The van der Waals surface area contributed by atoms with Crippen LogP contribution >= 0.6 is 0 Å². The van der Waals surface area contributed by atoms with Crippen LogP contribution in [0.1, 0.15) is 156 Å². The van der Waals surface area contributed by atoms with Gasteiger partial charge in [-0.2, -0.15) is 0 Å². The Morgan fingerprint density at radius 2 is 1.02 bits per heavy atom. The van der Waals surface area contributed by atoms with Crippen LogP contribution in [0.3, 0.4) is 0 Å². The molecule has 0 aromatic heterocycles. The molecule has 9 nitrogen and oxygen atoms in total. The lowest BCUT2D eigenvalue weighted by Gasteiger charge is -2.40. The van der Waals surface area contributed by atoms with Gasteiger partial charge in [0.05, 0.1) is 6.61 Å². The highest BCUT2D eigenvalue weighted by atomic mass is 16.6. The van der Waals surface area contributed by atoms with Gasteiger partial charge in [0.15, 0.2) is 29.4 Å². The van der Waals surface area contributed by atoms with E-state index >= 15 is 0 Å². The first-order valence-electron chi connectivity index (χ1n) is 16.7. The predicted octanol–water partition coefficient (Wildman–Crippen LogP) is 5.09. The molecule has 0 fully saturated rings. The molecule has 0 aliphatic rings. The summed E-state index contributed by atoms with van der Waals surface area (Å²) in [5.41, 5.74) is -2.98. The van der Waals surface area contributed by atoms with Crippen molar-refractivity contribution in [3.05, 3.63) is 0 Å². The van der Waals surface area contributed by atoms with Gasteiger partial charge in [-0.05, 0) is 19.3 Å². The Morgan fingerprint density at radius 3 is 1.48 bits per heavy atom. The van der Waals surface area contributed by atoms with Crippen LogP contribution in [0.5, 0.6) is 0 Å². The van der Waals surface area contributed by atoms with Gasteiger partial charge >= 0.3 is 5.97 Å². The second-order valence-corrected chi connectivity index (χ2v) is 11.8. The quantitative estimate of drug-likeness (QED) is 0.0580. The number of hydrogen-bond acceptors (Lipinski definition) is 9. The number of ketones is 2. The van der Waals surface area contributed by atoms with Crippen LogP contribution < -0.4 is 0 Å². The molecule has 1 unspecified atom stereocenters. The lowest BCUT2D eigenvalue weighted by molar-refractivity contribution is -0.214. The van der Waals surface area contributed by atoms with Crippen molar-refractivity contribution in [2.75, 3.05) is 6.61 Å². The molecular formula is C33H62O9. The molecule has 0 heterocycles. The third-order valence-electron chi connectivity index (χ3n) is 8.02. The van der Waals surface area contributed by atoms with Crippen LogP contribution in [0.2, 0.25) is 0 Å². The zero-order chi connectivity index (χ0) is 31.8. The van der Waals surface area contributed by atoms with E-state index in [9.17, 15) is 39.9 Å². The molecule has 0 bridgehead atoms. The molecule has 5 N–H and O–H groups in total. The van der Waals surface area contributed by atoms with Crippen LogP contribution in [0, 0.1) is 0 Å². The summed E-state index contributed by atoms with van der Waals surface area (Å²) in [5, 5.41) is 53.5. The van der Waals surface area contributed by atoms with Crippen LogP contribution in [0.4, 0.5) is 0 Å². The minimum atomic E-state index is -2.98. The van der Waals surface area contributed by atoms with Crippen LogP contribution in [0.25, 0.3) is 0 Å². The van der Waals surface area contributed by atoms with Crippen molar-refractivity contribution in [2.24, 2.45) is 0 Å². The number of aliphatic hydroxyl groups is 5. The van der Waals surface area contributed by atoms with E-state index in [4.69, 9.17) is 4.74 Å². The maximum atomic E-state index is 13.5. The van der Waals surface area contributed by atoms with Crippen molar-refractivity contribution in [3.8, 4) is 0 Å². The molecule has 248 valence electrons. The standard InChI is InChI=1S/C33H62O9/c1-4-7-10-13-16-19-22-26(35)31(40)33(41,28(37)23-20-17-14-11-8-5-2)32(30(39)27(36)25-34)42-29(38)24-21-18-15-12-9-6-3/h27,30-32,34,36,39-41H,4-25H2,1-3H3/t27-,30-,31?,32+,33+/m1/s1. The van der Waals surface area contributed by atoms with Gasteiger partial charge in [-0.15, -0.1) is 0 Å². The molecule has 0 aliphatic heterocycles. The summed E-state index contributed by atoms with van der Waals surface area (Å²) in [5.74, 6) is -2.57. The number of carbonyl (C=O) groups excluding carboxylic acids is 3. The number of aliphatic hydroxyl groups excluding tert-OH is 4. The van der Waals surface area contributed by atoms with Gasteiger partial charge in [-0.25, -0.2) is 0 Å². The molecular weight excluding hydrogens is 540 g/mol. The number of unbranched alkanes of at least 4 members (excludes halogenated alkanes) is 15. The number of ether oxygens (including phenoxy) is 1. The predicted molar refractivity (Wildman–Crippen MR) is 164 cm³/mol. The second-order valence-electron chi connectivity index (χ2n) is 11.8. The van der Waals surface area contributed by atoms with E-state index in [1.165, 1.54) is 0 Å². The van der Waals surface area contributed by atoms with Crippen LogP contribution in [-0.4, -0.2) is 79.7 Å². The highest BCUT2D eigenvalue weighted by molar-refractivity contribution is 5.97. The molecule has 0 aliphatic carbocycles. The molecule has 0 aromatic carbocycles. The molecule has 0 saturated heterocycles. The maximum Gasteiger partial charge on any atom is 0.306 e. The second kappa shape index (κ2) is 25.0. The van der Waals surface area contributed by atoms with Crippen molar-refractivity contribution < 1.29 is 44.7 Å². The van der Waals surface area contributed by atoms with E-state index in [0.29, 0.717) is 25.7 Å².